The van der Waals surface area contributed by atoms with Crippen molar-refractivity contribution in [2.45, 2.75) is 18.3 Å². The summed E-state index contributed by atoms with van der Waals surface area (Å²) in [5, 5.41) is 14.3. The van der Waals surface area contributed by atoms with Gasteiger partial charge in [-0.25, -0.2) is 4.79 Å². The average molecular weight is 330 g/mol. The van der Waals surface area contributed by atoms with Crippen molar-refractivity contribution in [2.75, 3.05) is 7.11 Å². The van der Waals surface area contributed by atoms with Gasteiger partial charge >= 0.3 is 5.97 Å². The van der Waals surface area contributed by atoms with E-state index in [-0.39, 0.29) is 0 Å². The first kappa shape index (κ1) is 15.6. The molecule has 3 rings (SSSR count). The Hall–Kier alpha value is -2.33. The standard InChI is InChI=1S/C18H16ClNO3/c1-23-20-16(12-6-8-13(19)9-7-12)18(10-11-18)15-5-3-2-4-14(15)17(21)22/h2-9H,10-11H2,1H3,(H,21,22)/b20-16+. The molecule has 0 heterocycles. The van der Waals surface area contributed by atoms with E-state index in [9.17, 15) is 9.90 Å². The normalized spacial score (nSPS) is 16.0. The molecule has 1 aliphatic rings. The predicted molar refractivity (Wildman–Crippen MR) is 89.3 cm³/mol. The number of hydrogen-bond donors (Lipinski definition) is 1. The molecule has 5 heteroatoms. The minimum Gasteiger partial charge on any atom is -0.478 e. The zero-order valence-electron chi connectivity index (χ0n) is 12.6. The molecular weight excluding hydrogens is 314 g/mol. The Morgan fingerprint density at radius 1 is 1.17 bits per heavy atom. The van der Waals surface area contributed by atoms with E-state index in [0.717, 1.165) is 29.7 Å². The van der Waals surface area contributed by atoms with Gasteiger partial charge in [0.05, 0.1) is 11.3 Å². The minimum atomic E-state index is -0.931. The van der Waals surface area contributed by atoms with Crippen LogP contribution in [0.5, 0.6) is 0 Å². The van der Waals surface area contributed by atoms with Gasteiger partial charge in [0.25, 0.3) is 0 Å². The van der Waals surface area contributed by atoms with Crippen LogP contribution in [0.3, 0.4) is 0 Å². The lowest BCUT2D eigenvalue weighted by Crippen LogP contribution is -2.24. The molecule has 1 saturated carbocycles. The van der Waals surface area contributed by atoms with E-state index >= 15 is 0 Å². The van der Waals surface area contributed by atoms with E-state index in [1.165, 1.54) is 7.11 Å². The molecule has 0 aromatic heterocycles. The molecule has 0 unspecified atom stereocenters. The van der Waals surface area contributed by atoms with E-state index in [4.69, 9.17) is 16.4 Å². The number of aromatic carboxylic acids is 1. The molecule has 1 aliphatic carbocycles. The summed E-state index contributed by atoms with van der Waals surface area (Å²) in [6, 6.07) is 14.4. The molecule has 2 aromatic rings. The summed E-state index contributed by atoms with van der Waals surface area (Å²) in [5.41, 5.74) is 2.29. The van der Waals surface area contributed by atoms with Gasteiger partial charge in [0.2, 0.25) is 0 Å². The molecule has 4 nitrogen and oxygen atoms in total. The lowest BCUT2D eigenvalue weighted by atomic mass is 9.84. The predicted octanol–water partition coefficient (Wildman–Crippen LogP) is 4.12. The van der Waals surface area contributed by atoms with Gasteiger partial charge in [-0.1, -0.05) is 47.1 Å². The fourth-order valence-electron chi connectivity index (χ4n) is 2.96. The maximum absolute atomic E-state index is 11.6. The zero-order valence-corrected chi connectivity index (χ0v) is 13.4. The highest BCUT2D eigenvalue weighted by Crippen LogP contribution is 2.52. The Bertz CT molecular complexity index is 764. The van der Waals surface area contributed by atoms with Crippen molar-refractivity contribution in [1.29, 1.82) is 0 Å². The maximum atomic E-state index is 11.6. The molecule has 0 radical (unpaired) electrons. The highest BCUT2D eigenvalue weighted by molar-refractivity contribution is 6.30. The van der Waals surface area contributed by atoms with Crippen LogP contribution in [0.1, 0.15) is 34.3 Å². The third-order valence-corrected chi connectivity index (χ3v) is 4.43. The van der Waals surface area contributed by atoms with Gasteiger partial charge in [0, 0.05) is 16.0 Å². The van der Waals surface area contributed by atoms with Gasteiger partial charge < -0.3 is 9.94 Å². The van der Waals surface area contributed by atoms with Crippen LogP contribution in [0.4, 0.5) is 0 Å². The summed E-state index contributed by atoms with van der Waals surface area (Å²) in [6.07, 6.45) is 1.67. The van der Waals surface area contributed by atoms with Crippen LogP contribution in [0, 0.1) is 0 Å². The Kier molecular flexibility index (Phi) is 4.09. The second-order valence-corrected chi connectivity index (χ2v) is 6.00. The van der Waals surface area contributed by atoms with Gasteiger partial charge in [-0.05, 0) is 36.6 Å². The summed E-state index contributed by atoms with van der Waals surface area (Å²) >= 11 is 5.96. The van der Waals surface area contributed by atoms with Gasteiger partial charge in [0.1, 0.15) is 7.11 Å². The van der Waals surface area contributed by atoms with E-state index in [1.807, 2.05) is 24.3 Å². The minimum absolute atomic E-state index is 0.308. The summed E-state index contributed by atoms with van der Waals surface area (Å²) < 4.78 is 0. The number of rotatable bonds is 5. The molecule has 1 N–H and O–H groups in total. The molecular formula is C18H16ClNO3. The number of halogens is 1. The molecule has 0 atom stereocenters. The molecule has 0 bridgehead atoms. The quantitative estimate of drug-likeness (QED) is 0.663. The summed E-state index contributed by atoms with van der Waals surface area (Å²) in [5.74, 6) is -0.931. The molecule has 2 aromatic carbocycles. The Labute approximate surface area is 139 Å². The first-order valence-corrected chi connectivity index (χ1v) is 7.66. The van der Waals surface area contributed by atoms with E-state index in [1.54, 1.807) is 24.3 Å². The number of nitrogens with zero attached hydrogens (tertiary/aromatic N) is 1. The molecule has 118 valence electrons. The van der Waals surface area contributed by atoms with Crippen LogP contribution in [0.15, 0.2) is 53.7 Å². The maximum Gasteiger partial charge on any atom is 0.335 e. The Morgan fingerprint density at radius 2 is 1.83 bits per heavy atom. The van der Waals surface area contributed by atoms with Crippen LogP contribution in [-0.4, -0.2) is 23.9 Å². The van der Waals surface area contributed by atoms with E-state index < -0.39 is 11.4 Å². The SMILES string of the molecule is CO/N=C(\c1ccc(Cl)cc1)C1(c2ccccc2C(=O)O)CC1. The summed E-state index contributed by atoms with van der Waals surface area (Å²) in [6.45, 7) is 0. The lowest BCUT2D eigenvalue weighted by molar-refractivity contribution is 0.0695. The molecule has 1 fully saturated rings. The van der Waals surface area contributed by atoms with Crippen molar-refractivity contribution in [3.63, 3.8) is 0 Å². The smallest absolute Gasteiger partial charge is 0.335 e. The van der Waals surface area contributed by atoms with Crippen LogP contribution in [0.2, 0.25) is 5.02 Å². The van der Waals surface area contributed by atoms with Crippen molar-refractivity contribution in [3.05, 3.63) is 70.2 Å². The van der Waals surface area contributed by atoms with E-state index in [0.29, 0.717) is 10.6 Å². The van der Waals surface area contributed by atoms with Crippen LogP contribution in [0.25, 0.3) is 0 Å². The zero-order chi connectivity index (χ0) is 16.4. The van der Waals surface area contributed by atoms with Gasteiger partial charge in [0.15, 0.2) is 0 Å². The second kappa shape index (κ2) is 6.05. The Morgan fingerprint density at radius 3 is 2.39 bits per heavy atom. The first-order chi connectivity index (χ1) is 11.1. The molecule has 0 saturated heterocycles. The van der Waals surface area contributed by atoms with Gasteiger partial charge in [-0.3, -0.25) is 0 Å². The molecule has 0 spiro atoms. The lowest BCUT2D eigenvalue weighted by Gasteiger charge is -2.20. The van der Waals surface area contributed by atoms with Crippen molar-refractivity contribution >= 4 is 23.3 Å². The fraction of sp³-hybridized carbons (Fsp3) is 0.222. The second-order valence-electron chi connectivity index (χ2n) is 5.56. The van der Waals surface area contributed by atoms with Crippen LogP contribution >= 0.6 is 11.6 Å². The average Bonchev–Trinajstić information content (AvgIpc) is 3.35. The van der Waals surface area contributed by atoms with Crippen LogP contribution < -0.4 is 0 Å². The van der Waals surface area contributed by atoms with Gasteiger partial charge in [-0.2, -0.15) is 0 Å². The largest absolute Gasteiger partial charge is 0.478 e. The summed E-state index contributed by atoms with van der Waals surface area (Å²) in [7, 11) is 1.50. The fourth-order valence-corrected chi connectivity index (χ4v) is 3.09. The van der Waals surface area contributed by atoms with Crippen molar-refractivity contribution in [3.8, 4) is 0 Å². The number of carbonyl (C=O) groups is 1. The number of carboxylic acids is 1. The first-order valence-electron chi connectivity index (χ1n) is 7.29. The molecule has 23 heavy (non-hydrogen) atoms. The number of benzene rings is 2. The van der Waals surface area contributed by atoms with Crippen molar-refractivity contribution in [2.24, 2.45) is 5.16 Å². The van der Waals surface area contributed by atoms with Crippen molar-refractivity contribution in [1.82, 2.24) is 0 Å². The Balaban J connectivity index is 2.12. The van der Waals surface area contributed by atoms with Gasteiger partial charge in [-0.15, -0.1) is 0 Å². The van der Waals surface area contributed by atoms with E-state index in [2.05, 4.69) is 5.16 Å². The highest BCUT2D eigenvalue weighted by Gasteiger charge is 2.51. The number of oxime groups is 1. The number of hydrogen-bond acceptors (Lipinski definition) is 3. The number of carboxylic acid groups (broad SMARTS) is 1. The highest BCUT2D eigenvalue weighted by atomic mass is 35.5. The monoisotopic (exact) mass is 329 g/mol. The van der Waals surface area contributed by atoms with Crippen molar-refractivity contribution < 1.29 is 14.7 Å². The molecule has 0 amide bonds. The third kappa shape index (κ3) is 2.82. The summed E-state index contributed by atoms with van der Waals surface area (Å²) in [4.78, 5) is 16.6. The molecule has 0 aliphatic heterocycles. The topological polar surface area (TPSA) is 58.9 Å². The third-order valence-electron chi connectivity index (χ3n) is 4.18. The van der Waals surface area contributed by atoms with Crippen LogP contribution in [-0.2, 0) is 10.3 Å².